The Morgan fingerprint density at radius 3 is 2.70 bits per heavy atom. The van der Waals surface area contributed by atoms with Gasteiger partial charge in [0.25, 0.3) is 0 Å². The average molecular weight is 601 g/mol. The van der Waals surface area contributed by atoms with E-state index in [-0.39, 0.29) is 37.9 Å². The van der Waals surface area contributed by atoms with Crippen LogP contribution in [0.3, 0.4) is 0 Å². The van der Waals surface area contributed by atoms with Crippen LogP contribution in [0, 0.1) is 5.41 Å². The van der Waals surface area contributed by atoms with E-state index in [0.29, 0.717) is 38.5 Å². The molecular weight excluding hydrogens is 552 g/mol. The van der Waals surface area contributed by atoms with E-state index < -0.39 is 41.8 Å². The minimum absolute atomic E-state index is 0.0931. The van der Waals surface area contributed by atoms with Gasteiger partial charge in [-0.1, -0.05) is 73.3 Å². The lowest BCUT2D eigenvalue weighted by Gasteiger charge is -2.47. The summed E-state index contributed by atoms with van der Waals surface area (Å²) in [5.41, 5.74) is 0.168. The van der Waals surface area contributed by atoms with Crippen LogP contribution in [0.2, 0.25) is 0 Å². The van der Waals surface area contributed by atoms with Crippen molar-refractivity contribution in [3.8, 4) is 0 Å². The molecule has 0 aromatic heterocycles. The maximum atomic E-state index is 12.8. The van der Waals surface area contributed by atoms with E-state index in [2.05, 4.69) is 0 Å². The molecule has 4 bridgehead atoms. The molecule has 3 heterocycles. The Hall–Kier alpha value is -2.82. The molecule has 9 heteroatoms. The van der Waals surface area contributed by atoms with Crippen LogP contribution in [0.15, 0.2) is 72.4 Å². The number of carbonyl (C=O) groups excluding carboxylic acids is 2. The third-order valence-corrected chi connectivity index (χ3v) is 8.03. The van der Waals surface area contributed by atoms with Gasteiger partial charge >= 0.3 is 11.9 Å². The summed E-state index contributed by atoms with van der Waals surface area (Å²) in [4.78, 5) is 24.5. The van der Waals surface area contributed by atoms with E-state index in [4.69, 9.17) is 18.9 Å². The van der Waals surface area contributed by atoms with Gasteiger partial charge in [0.05, 0.1) is 49.1 Å². The molecule has 0 unspecified atom stereocenters. The first kappa shape index (κ1) is 34.7. The quantitative estimate of drug-likeness (QED) is 0.291. The molecule has 43 heavy (non-hydrogen) atoms. The Bertz CT molecular complexity index is 1090. The lowest BCUT2D eigenvalue weighted by atomic mass is 9.73. The molecule has 2 fully saturated rings. The van der Waals surface area contributed by atoms with Crippen molar-refractivity contribution in [3.05, 3.63) is 72.4 Å². The third-order valence-electron chi connectivity index (χ3n) is 8.03. The van der Waals surface area contributed by atoms with E-state index in [1.54, 1.807) is 31.2 Å². The highest BCUT2D eigenvalue weighted by Crippen LogP contribution is 2.41. The summed E-state index contributed by atoms with van der Waals surface area (Å²) >= 11 is 0. The Balaban J connectivity index is 1.79. The summed E-state index contributed by atoms with van der Waals surface area (Å²) in [5.74, 6) is -1.19. The van der Waals surface area contributed by atoms with Gasteiger partial charge in [0.2, 0.25) is 0 Å². The summed E-state index contributed by atoms with van der Waals surface area (Å²) in [6.07, 6.45) is 20.0. The number of allylic oxidation sites excluding steroid dienone is 6. The summed E-state index contributed by atoms with van der Waals surface area (Å²) in [7, 11) is 0. The Labute approximate surface area is 255 Å². The molecular formula is C34H48O9. The second kappa shape index (κ2) is 17.5. The van der Waals surface area contributed by atoms with Gasteiger partial charge in [-0.15, -0.1) is 0 Å². The maximum Gasteiger partial charge on any atom is 0.335 e. The maximum absolute atomic E-state index is 12.8. The molecule has 3 N–H and O–H groups in total. The van der Waals surface area contributed by atoms with Crippen molar-refractivity contribution >= 4 is 11.9 Å². The van der Waals surface area contributed by atoms with Crippen LogP contribution < -0.4 is 0 Å². The molecule has 8 atom stereocenters. The lowest BCUT2D eigenvalue weighted by molar-refractivity contribution is -0.198. The smallest absolute Gasteiger partial charge is 0.335 e. The number of hydrogen-bond acceptors (Lipinski definition) is 9. The average Bonchev–Trinajstić information content (AvgIpc) is 2.96. The molecule has 0 spiro atoms. The minimum Gasteiger partial charge on any atom is -0.464 e. The fourth-order valence-electron chi connectivity index (χ4n) is 5.54. The Morgan fingerprint density at radius 1 is 1.12 bits per heavy atom. The molecule has 0 amide bonds. The first-order valence-corrected chi connectivity index (χ1v) is 15.3. The first-order chi connectivity index (χ1) is 20.6. The summed E-state index contributed by atoms with van der Waals surface area (Å²) in [6, 6.07) is 0. The number of fused-ring (bicyclic) bond motifs is 4. The number of rotatable bonds is 7. The number of aliphatic hydroxyl groups excluding tert-OH is 3. The zero-order valence-electron chi connectivity index (χ0n) is 25.5. The van der Waals surface area contributed by atoms with Gasteiger partial charge in [-0.05, 0) is 39.5 Å². The highest BCUT2D eigenvalue weighted by molar-refractivity contribution is 5.82. The van der Waals surface area contributed by atoms with Crippen LogP contribution in [0.4, 0.5) is 0 Å². The van der Waals surface area contributed by atoms with E-state index in [1.807, 2.05) is 50.3 Å². The predicted octanol–water partition coefficient (Wildman–Crippen LogP) is 4.19. The molecule has 0 radical (unpaired) electrons. The fraction of sp³-hybridized carbons (Fsp3) is 0.588. The highest BCUT2D eigenvalue weighted by atomic mass is 16.6. The van der Waals surface area contributed by atoms with Gasteiger partial charge in [-0.25, -0.2) is 9.59 Å². The van der Waals surface area contributed by atoms with Gasteiger partial charge in [-0.3, -0.25) is 0 Å². The molecule has 0 aromatic carbocycles. The molecule has 0 saturated carbocycles. The van der Waals surface area contributed by atoms with Crippen LogP contribution in [-0.4, -0.2) is 83.2 Å². The molecule has 238 valence electrons. The number of aliphatic hydroxyl groups is 3. The van der Waals surface area contributed by atoms with Gasteiger partial charge < -0.3 is 34.3 Å². The molecule has 0 aromatic rings. The van der Waals surface area contributed by atoms with Crippen molar-refractivity contribution in [1.29, 1.82) is 0 Å². The van der Waals surface area contributed by atoms with E-state index in [9.17, 15) is 24.9 Å². The Kier molecular flexibility index (Phi) is 14.1. The molecule has 2 saturated heterocycles. The van der Waals surface area contributed by atoms with Gasteiger partial charge in [-0.2, -0.15) is 0 Å². The molecule has 9 nitrogen and oxygen atoms in total. The molecule has 3 rings (SSSR count). The van der Waals surface area contributed by atoms with Crippen molar-refractivity contribution < 1.29 is 43.9 Å². The summed E-state index contributed by atoms with van der Waals surface area (Å²) in [5, 5.41) is 30.8. The van der Waals surface area contributed by atoms with Crippen LogP contribution in [0.5, 0.6) is 0 Å². The van der Waals surface area contributed by atoms with Crippen molar-refractivity contribution in [3.63, 3.8) is 0 Å². The van der Waals surface area contributed by atoms with Gasteiger partial charge in [0, 0.05) is 25.3 Å². The SMILES string of the molecule is CCOC(=O)[C@@H](O)C/C=C\C[C@@H]1O[C@@H]2/C=C/C/C=C/C(C)=C\[C@@H]3C[C@@H](O)C[C@H](C/C=C/C=C/C(=O)O[C@H](C2)[C@@]1(C)CO)O3. The Morgan fingerprint density at radius 2 is 1.93 bits per heavy atom. The van der Waals surface area contributed by atoms with Crippen molar-refractivity contribution in [2.45, 2.75) is 108 Å². The molecule has 3 aliphatic heterocycles. The predicted molar refractivity (Wildman–Crippen MR) is 163 cm³/mol. The lowest BCUT2D eigenvalue weighted by Crippen LogP contribution is -2.55. The molecule has 3 aliphatic rings. The normalized spacial score (nSPS) is 37.3. The summed E-state index contributed by atoms with van der Waals surface area (Å²) in [6.45, 7) is 5.45. The summed E-state index contributed by atoms with van der Waals surface area (Å²) < 4.78 is 23.3. The monoisotopic (exact) mass is 600 g/mol. The number of esters is 2. The van der Waals surface area contributed by atoms with Gasteiger partial charge in [0.15, 0.2) is 6.10 Å². The van der Waals surface area contributed by atoms with E-state index in [1.165, 1.54) is 6.08 Å². The second-order valence-electron chi connectivity index (χ2n) is 11.6. The largest absolute Gasteiger partial charge is 0.464 e. The standard InChI is InChI=1S/C34H48O9/c1-4-40-33(39)29(37)16-11-12-17-30-34(3,23-35)31-22-27(42-30)15-8-5-7-13-24(2)19-28-21-25(36)20-26(41-28)14-9-6-10-18-32(38)43-31/h6-13,15,18-19,25-31,35-37H,4-5,14,16-17,20-23H2,1-3H3/b9-6+,12-11-,13-7+,15-8+,18-10+,24-19-/t25-,26-,27+,28+,29-,30-,31+,34-/m0/s1. The van der Waals surface area contributed by atoms with E-state index in [0.717, 1.165) is 5.57 Å². The highest BCUT2D eigenvalue weighted by Gasteiger charge is 2.49. The van der Waals surface area contributed by atoms with E-state index >= 15 is 0 Å². The first-order valence-electron chi connectivity index (χ1n) is 15.3. The van der Waals surface area contributed by atoms with Crippen LogP contribution in [0.25, 0.3) is 0 Å². The third kappa shape index (κ3) is 11.0. The number of hydrogen-bond donors (Lipinski definition) is 3. The second-order valence-corrected chi connectivity index (χ2v) is 11.6. The number of ether oxygens (including phenoxy) is 4. The van der Waals surface area contributed by atoms with Crippen molar-refractivity contribution in [2.75, 3.05) is 13.2 Å². The minimum atomic E-state index is -1.25. The zero-order valence-corrected chi connectivity index (χ0v) is 25.5. The van der Waals surface area contributed by atoms with Crippen molar-refractivity contribution in [1.82, 2.24) is 0 Å². The van der Waals surface area contributed by atoms with Crippen LogP contribution in [0.1, 0.15) is 65.7 Å². The van der Waals surface area contributed by atoms with Gasteiger partial charge in [0.1, 0.15) is 6.10 Å². The van der Waals surface area contributed by atoms with Crippen LogP contribution >= 0.6 is 0 Å². The number of carbonyl (C=O) groups is 2. The molecule has 0 aliphatic carbocycles. The fourth-order valence-corrected chi connectivity index (χ4v) is 5.54. The van der Waals surface area contributed by atoms with Crippen molar-refractivity contribution in [2.24, 2.45) is 5.41 Å². The zero-order chi connectivity index (χ0) is 31.2. The van der Waals surface area contributed by atoms with Crippen LogP contribution in [-0.2, 0) is 28.5 Å². The topological polar surface area (TPSA) is 132 Å².